The first kappa shape index (κ1) is 23.3. The first-order valence-electron chi connectivity index (χ1n) is 10.7. The Kier molecular flexibility index (Phi) is 6.97. The van der Waals surface area contributed by atoms with Gasteiger partial charge in [-0.25, -0.2) is 13.4 Å². The number of rotatable bonds is 8. The van der Waals surface area contributed by atoms with Crippen LogP contribution in [0.15, 0.2) is 39.9 Å². The van der Waals surface area contributed by atoms with Crippen molar-refractivity contribution in [2.24, 2.45) is 0 Å². The number of carbonyl (C=O) groups is 1. The molecule has 1 saturated heterocycles. The van der Waals surface area contributed by atoms with E-state index in [9.17, 15) is 13.2 Å². The van der Waals surface area contributed by atoms with E-state index in [2.05, 4.69) is 4.90 Å². The monoisotopic (exact) mass is 492 g/mol. The molecule has 4 rings (SSSR count). The molecule has 0 spiro atoms. The lowest BCUT2D eigenvalue weighted by Gasteiger charge is -2.28. The van der Waals surface area contributed by atoms with E-state index in [1.165, 1.54) is 27.0 Å². The SMILES string of the molecule is Cc1cccc2sc(N(CCCN(C)C)C(=O)[C@H]3CCCN3S(=O)(=O)c3cccs3)nc12. The standard InChI is InChI=1S/C22H28N4O3S3/c1-16-8-4-10-18-20(16)23-22(31-18)25(13-7-12-24(2)3)21(27)17-9-5-14-26(17)32(28,29)19-11-6-15-30-19/h4,6,8,10-11,15,17H,5,7,9,12-14H2,1-3H3/t17-/m1/s1. The van der Waals surface area contributed by atoms with Crippen molar-refractivity contribution in [1.82, 2.24) is 14.2 Å². The van der Waals surface area contributed by atoms with Crippen LogP contribution in [0.25, 0.3) is 10.2 Å². The summed E-state index contributed by atoms with van der Waals surface area (Å²) in [6.07, 6.45) is 1.97. The predicted octanol–water partition coefficient (Wildman–Crippen LogP) is 3.80. The molecule has 1 aromatic carbocycles. The lowest BCUT2D eigenvalue weighted by molar-refractivity contribution is -0.121. The number of aryl methyl sites for hydroxylation is 1. The summed E-state index contributed by atoms with van der Waals surface area (Å²) in [5.74, 6) is -0.182. The zero-order valence-electron chi connectivity index (χ0n) is 18.5. The Balaban J connectivity index is 1.66. The van der Waals surface area contributed by atoms with Gasteiger partial charge in [0.25, 0.3) is 10.0 Å². The molecule has 2 aromatic heterocycles. The van der Waals surface area contributed by atoms with Gasteiger partial charge in [-0.05, 0) is 69.9 Å². The van der Waals surface area contributed by atoms with Crippen LogP contribution in [0.5, 0.6) is 0 Å². The van der Waals surface area contributed by atoms with E-state index in [4.69, 9.17) is 4.98 Å². The highest BCUT2D eigenvalue weighted by molar-refractivity contribution is 7.91. The number of aromatic nitrogens is 1. The van der Waals surface area contributed by atoms with Crippen molar-refractivity contribution in [3.05, 3.63) is 41.3 Å². The number of benzene rings is 1. The van der Waals surface area contributed by atoms with E-state index in [0.29, 0.717) is 31.1 Å². The van der Waals surface area contributed by atoms with Gasteiger partial charge in [0.15, 0.2) is 5.13 Å². The fourth-order valence-electron chi connectivity index (χ4n) is 4.02. The van der Waals surface area contributed by atoms with E-state index < -0.39 is 16.1 Å². The minimum absolute atomic E-state index is 0.182. The second-order valence-electron chi connectivity index (χ2n) is 8.27. The van der Waals surface area contributed by atoms with Crippen LogP contribution in [0.1, 0.15) is 24.8 Å². The molecular formula is C22H28N4O3S3. The summed E-state index contributed by atoms with van der Waals surface area (Å²) in [6.45, 7) is 3.70. The van der Waals surface area contributed by atoms with Crippen molar-refractivity contribution >= 4 is 54.0 Å². The van der Waals surface area contributed by atoms with Gasteiger partial charge in [-0.1, -0.05) is 29.5 Å². The molecule has 1 aliphatic heterocycles. The van der Waals surface area contributed by atoms with Crippen molar-refractivity contribution in [2.45, 2.75) is 36.4 Å². The lowest BCUT2D eigenvalue weighted by Crippen LogP contribution is -2.48. The van der Waals surface area contributed by atoms with Gasteiger partial charge in [0, 0.05) is 13.1 Å². The molecule has 0 N–H and O–H groups in total. The van der Waals surface area contributed by atoms with Crippen molar-refractivity contribution in [3.8, 4) is 0 Å². The third-order valence-corrected chi connectivity index (χ3v) is 9.97. The van der Waals surface area contributed by atoms with Crippen LogP contribution >= 0.6 is 22.7 Å². The smallest absolute Gasteiger partial charge is 0.253 e. The van der Waals surface area contributed by atoms with Crippen LogP contribution in [-0.2, 0) is 14.8 Å². The third kappa shape index (κ3) is 4.60. The topological polar surface area (TPSA) is 73.8 Å². The van der Waals surface area contributed by atoms with E-state index in [-0.39, 0.29) is 10.1 Å². The van der Waals surface area contributed by atoms with Gasteiger partial charge >= 0.3 is 0 Å². The molecule has 0 unspecified atom stereocenters. The summed E-state index contributed by atoms with van der Waals surface area (Å²) in [6, 6.07) is 8.64. The number of thiazole rings is 1. The maximum Gasteiger partial charge on any atom is 0.253 e. The minimum Gasteiger partial charge on any atom is -0.309 e. The number of nitrogens with zero attached hydrogens (tertiary/aromatic N) is 4. The summed E-state index contributed by atoms with van der Waals surface area (Å²) in [7, 11) is 0.308. The summed E-state index contributed by atoms with van der Waals surface area (Å²) in [5, 5.41) is 2.38. The number of fused-ring (bicyclic) bond motifs is 1. The number of anilines is 1. The van der Waals surface area contributed by atoms with Crippen LogP contribution in [0.2, 0.25) is 0 Å². The van der Waals surface area contributed by atoms with Crippen molar-refractivity contribution in [1.29, 1.82) is 0 Å². The number of thiophene rings is 1. The number of amides is 1. The Hall–Kier alpha value is -1.85. The van der Waals surface area contributed by atoms with Gasteiger partial charge in [0.05, 0.1) is 10.2 Å². The Morgan fingerprint density at radius 3 is 2.72 bits per heavy atom. The number of carbonyl (C=O) groups excluding carboxylic acids is 1. The first-order chi connectivity index (χ1) is 15.3. The molecule has 0 bridgehead atoms. The van der Waals surface area contributed by atoms with Crippen LogP contribution in [-0.4, -0.2) is 68.3 Å². The van der Waals surface area contributed by atoms with E-state index >= 15 is 0 Å². The van der Waals surface area contributed by atoms with Gasteiger partial charge in [-0.15, -0.1) is 11.3 Å². The van der Waals surface area contributed by atoms with Crippen molar-refractivity contribution < 1.29 is 13.2 Å². The molecule has 10 heteroatoms. The molecule has 3 aromatic rings. The van der Waals surface area contributed by atoms with Crippen molar-refractivity contribution in [3.63, 3.8) is 0 Å². The largest absolute Gasteiger partial charge is 0.309 e. The molecule has 32 heavy (non-hydrogen) atoms. The Labute approximate surface area is 197 Å². The molecule has 172 valence electrons. The predicted molar refractivity (Wildman–Crippen MR) is 131 cm³/mol. The minimum atomic E-state index is -3.69. The van der Waals surface area contributed by atoms with E-state index in [0.717, 1.165) is 28.7 Å². The highest BCUT2D eigenvalue weighted by Crippen LogP contribution is 2.34. The molecule has 1 amide bonds. The quantitative estimate of drug-likeness (QED) is 0.478. The van der Waals surface area contributed by atoms with Crippen LogP contribution in [0, 0.1) is 6.92 Å². The van der Waals surface area contributed by atoms with Crippen LogP contribution < -0.4 is 4.90 Å². The van der Waals surface area contributed by atoms with Gasteiger partial charge in [-0.3, -0.25) is 9.69 Å². The molecule has 1 aliphatic rings. The maximum atomic E-state index is 13.8. The molecule has 1 atom stereocenters. The molecule has 0 radical (unpaired) electrons. The highest BCUT2D eigenvalue weighted by atomic mass is 32.2. The molecular weight excluding hydrogens is 464 g/mol. The summed E-state index contributed by atoms with van der Waals surface area (Å²) in [4.78, 5) is 22.4. The van der Waals surface area contributed by atoms with Gasteiger partial charge in [0.1, 0.15) is 10.3 Å². The zero-order valence-corrected chi connectivity index (χ0v) is 21.0. The number of sulfonamides is 1. The molecule has 3 heterocycles. The second-order valence-corrected chi connectivity index (χ2v) is 12.3. The van der Waals surface area contributed by atoms with Crippen molar-refractivity contribution in [2.75, 3.05) is 38.6 Å². The van der Waals surface area contributed by atoms with Gasteiger partial charge in [0.2, 0.25) is 5.91 Å². The molecule has 0 aliphatic carbocycles. The van der Waals surface area contributed by atoms with Crippen LogP contribution in [0.4, 0.5) is 5.13 Å². The van der Waals surface area contributed by atoms with E-state index in [1.807, 2.05) is 39.2 Å². The summed E-state index contributed by atoms with van der Waals surface area (Å²) >= 11 is 2.67. The Morgan fingerprint density at radius 2 is 2.03 bits per heavy atom. The summed E-state index contributed by atoms with van der Waals surface area (Å²) < 4.78 is 29.1. The fraction of sp³-hybridized carbons (Fsp3) is 0.455. The number of para-hydroxylation sites is 1. The molecule has 0 saturated carbocycles. The maximum absolute atomic E-state index is 13.8. The average molecular weight is 493 g/mol. The Bertz CT molecular complexity index is 1190. The van der Waals surface area contributed by atoms with Gasteiger partial charge < -0.3 is 4.90 Å². The van der Waals surface area contributed by atoms with Crippen LogP contribution in [0.3, 0.4) is 0 Å². The molecule has 1 fully saturated rings. The number of hydrogen-bond donors (Lipinski definition) is 0. The van der Waals surface area contributed by atoms with E-state index in [1.54, 1.807) is 22.4 Å². The fourth-order valence-corrected chi connectivity index (χ4v) is 7.86. The average Bonchev–Trinajstić information content (AvgIpc) is 3.51. The zero-order chi connectivity index (χ0) is 22.9. The third-order valence-electron chi connectivity index (χ3n) is 5.64. The summed E-state index contributed by atoms with van der Waals surface area (Å²) in [5.41, 5.74) is 1.96. The lowest BCUT2D eigenvalue weighted by atomic mass is 10.2. The first-order valence-corrected chi connectivity index (χ1v) is 13.8. The second kappa shape index (κ2) is 9.56. The number of hydrogen-bond acceptors (Lipinski definition) is 7. The molecule has 7 nitrogen and oxygen atoms in total. The Morgan fingerprint density at radius 1 is 1.22 bits per heavy atom. The normalized spacial score (nSPS) is 17.4. The van der Waals surface area contributed by atoms with Gasteiger partial charge in [-0.2, -0.15) is 4.31 Å². The highest BCUT2D eigenvalue weighted by Gasteiger charge is 2.42.